The summed E-state index contributed by atoms with van der Waals surface area (Å²) in [6.45, 7) is 0.764. The molecule has 2 aromatic heterocycles. The molecule has 2 unspecified atom stereocenters. The Bertz CT molecular complexity index is 1130. The highest BCUT2D eigenvalue weighted by Crippen LogP contribution is 2.27. The van der Waals surface area contributed by atoms with Gasteiger partial charge in [-0.2, -0.15) is 0 Å². The molecule has 9 heteroatoms. The van der Waals surface area contributed by atoms with Crippen LogP contribution in [0.25, 0.3) is 0 Å². The number of ether oxygens (including phenoxy) is 1. The fraction of sp³-hybridized carbons (Fsp3) is 0.320. The van der Waals surface area contributed by atoms with E-state index in [-0.39, 0.29) is 29.3 Å². The number of benzene rings is 1. The van der Waals surface area contributed by atoms with E-state index in [0.29, 0.717) is 24.6 Å². The second-order valence-corrected chi connectivity index (χ2v) is 8.42. The number of anilines is 3. The van der Waals surface area contributed by atoms with Gasteiger partial charge in [-0.1, -0.05) is 43.2 Å². The van der Waals surface area contributed by atoms with Gasteiger partial charge in [0.05, 0.1) is 24.5 Å². The fourth-order valence-electron chi connectivity index (χ4n) is 4.01. The molecule has 0 saturated heterocycles. The first kappa shape index (κ1) is 23.6. The molecule has 0 radical (unpaired) electrons. The van der Waals surface area contributed by atoms with E-state index in [1.807, 2.05) is 30.3 Å². The van der Waals surface area contributed by atoms with Crippen LogP contribution in [0.15, 0.2) is 54.7 Å². The van der Waals surface area contributed by atoms with Crippen molar-refractivity contribution in [2.45, 2.75) is 51.0 Å². The molecule has 34 heavy (non-hydrogen) atoms. The summed E-state index contributed by atoms with van der Waals surface area (Å²) in [4.78, 5) is 20.6. The van der Waals surface area contributed by atoms with Crippen molar-refractivity contribution in [2.24, 2.45) is 11.5 Å². The SMILES string of the molecule is NC(=O)c1cc(F)c(NC2CCCCC2N)nc1Nc1ccnc(COCc2ccccc2)c1. The third-order valence-electron chi connectivity index (χ3n) is 5.82. The van der Waals surface area contributed by atoms with Gasteiger partial charge in [0, 0.05) is 24.0 Å². The second kappa shape index (κ2) is 11.0. The molecular weight excluding hydrogens is 435 g/mol. The maximum atomic E-state index is 14.7. The van der Waals surface area contributed by atoms with Crippen LogP contribution in [0.4, 0.5) is 21.7 Å². The molecule has 0 aliphatic heterocycles. The molecule has 0 bridgehead atoms. The molecule has 2 heterocycles. The Morgan fingerprint density at radius 1 is 1.09 bits per heavy atom. The molecule has 6 N–H and O–H groups in total. The quantitative estimate of drug-likeness (QED) is 0.379. The lowest BCUT2D eigenvalue weighted by molar-refractivity contribution is 0.100. The first-order chi connectivity index (χ1) is 16.5. The third kappa shape index (κ3) is 6.06. The molecule has 2 atom stereocenters. The van der Waals surface area contributed by atoms with Gasteiger partial charge in [-0.3, -0.25) is 9.78 Å². The van der Waals surface area contributed by atoms with Gasteiger partial charge in [-0.25, -0.2) is 9.37 Å². The van der Waals surface area contributed by atoms with Crippen molar-refractivity contribution in [3.05, 3.63) is 77.4 Å². The van der Waals surface area contributed by atoms with Gasteiger partial charge in [-0.05, 0) is 36.6 Å². The van der Waals surface area contributed by atoms with E-state index in [1.54, 1.807) is 18.3 Å². The Morgan fingerprint density at radius 3 is 2.65 bits per heavy atom. The van der Waals surface area contributed by atoms with Crippen molar-refractivity contribution in [2.75, 3.05) is 10.6 Å². The largest absolute Gasteiger partial charge is 0.370 e. The smallest absolute Gasteiger partial charge is 0.252 e. The summed E-state index contributed by atoms with van der Waals surface area (Å²) >= 11 is 0. The topological polar surface area (TPSA) is 128 Å². The first-order valence-corrected chi connectivity index (χ1v) is 11.4. The van der Waals surface area contributed by atoms with E-state index in [2.05, 4.69) is 20.6 Å². The predicted octanol–water partition coefficient (Wildman–Crippen LogP) is 3.86. The van der Waals surface area contributed by atoms with Crippen LogP contribution in [0, 0.1) is 5.82 Å². The number of halogens is 1. The lowest BCUT2D eigenvalue weighted by atomic mass is 9.91. The fourth-order valence-corrected chi connectivity index (χ4v) is 4.01. The highest BCUT2D eigenvalue weighted by molar-refractivity contribution is 5.98. The molecule has 1 aliphatic rings. The van der Waals surface area contributed by atoms with Gasteiger partial charge in [-0.15, -0.1) is 0 Å². The molecule has 0 spiro atoms. The Kier molecular flexibility index (Phi) is 7.66. The molecule has 1 fully saturated rings. The maximum absolute atomic E-state index is 14.7. The van der Waals surface area contributed by atoms with E-state index in [0.717, 1.165) is 37.3 Å². The number of nitrogens with one attached hydrogen (secondary N) is 2. The summed E-state index contributed by atoms with van der Waals surface area (Å²) in [7, 11) is 0. The summed E-state index contributed by atoms with van der Waals surface area (Å²) in [6.07, 6.45) is 5.40. The zero-order valence-electron chi connectivity index (χ0n) is 18.8. The normalized spacial score (nSPS) is 17.8. The lowest BCUT2D eigenvalue weighted by Crippen LogP contribution is -2.43. The number of aromatic nitrogens is 2. The zero-order valence-corrected chi connectivity index (χ0v) is 18.8. The Hall–Kier alpha value is -3.56. The number of carbonyl (C=O) groups is 1. The monoisotopic (exact) mass is 464 g/mol. The van der Waals surface area contributed by atoms with Gasteiger partial charge in [0.1, 0.15) is 5.82 Å². The summed E-state index contributed by atoms with van der Waals surface area (Å²) in [5, 5.41) is 6.18. The van der Waals surface area contributed by atoms with E-state index in [1.165, 1.54) is 0 Å². The minimum Gasteiger partial charge on any atom is -0.370 e. The van der Waals surface area contributed by atoms with E-state index < -0.39 is 11.7 Å². The average molecular weight is 465 g/mol. The van der Waals surface area contributed by atoms with Crippen LogP contribution in [0.1, 0.15) is 47.3 Å². The molecule has 178 valence electrons. The van der Waals surface area contributed by atoms with Crippen molar-refractivity contribution < 1.29 is 13.9 Å². The van der Waals surface area contributed by atoms with E-state index in [9.17, 15) is 9.18 Å². The molecule has 1 amide bonds. The van der Waals surface area contributed by atoms with Crippen molar-refractivity contribution in [3.63, 3.8) is 0 Å². The van der Waals surface area contributed by atoms with Gasteiger partial charge >= 0.3 is 0 Å². The summed E-state index contributed by atoms with van der Waals surface area (Å²) in [5.41, 5.74) is 14.0. The third-order valence-corrected chi connectivity index (χ3v) is 5.82. The lowest BCUT2D eigenvalue weighted by Gasteiger charge is -2.30. The molecule has 4 rings (SSSR count). The predicted molar refractivity (Wildman–Crippen MR) is 129 cm³/mol. The minimum atomic E-state index is -0.782. The summed E-state index contributed by atoms with van der Waals surface area (Å²) in [5.74, 6) is -1.24. The van der Waals surface area contributed by atoms with Crippen LogP contribution in [0.5, 0.6) is 0 Å². The number of nitrogens with zero attached hydrogens (tertiary/aromatic N) is 2. The maximum Gasteiger partial charge on any atom is 0.252 e. The molecule has 1 saturated carbocycles. The Balaban J connectivity index is 1.49. The molecule has 3 aromatic rings. The average Bonchev–Trinajstić information content (AvgIpc) is 2.83. The Morgan fingerprint density at radius 2 is 1.88 bits per heavy atom. The van der Waals surface area contributed by atoms with Crippen LogP contribution < -0.4 is 22.1 Å². The number of pyridine rings is 2. The van der Waals surface area contributed by atoms with Gasteiger partial charge in [0.15, 0.2) is 11.6 Å². The minimum absolute atomic E-state index is 0.0373. The van der Waals surface area contributed by atoms with Gasteiger partial charge in [0.2, 0.25) is 0 Å². The van der Waals surface area contributed by atoms with Crippen LogP contribution >= 0.6 is 0 Å². The number of nitrogens with two attached hydrogens (primary N) is 2. The van der Waals surface area contributed by atoms with Crippen LogP contribution in [-0.4, -0.2) is 28.0 Å². The highest BCUT2D eigenvalue weighted by Gasteiger charge is 2.24. The summed E-state index contributed by atoms with van der Waals surface area (Å²) in [6, 6.07) is 14.3. The van der Waals surface area contributed by atoms with Crippen LogP contribution in [-0.2, 0) is 18.0 Å². The molecule has 1 aromatic carbocycles. The first-order valence-electron chi connectivity index (χ1n) is 11.4. The van der Waals surface area contributed by atoms with Crippen molar-refractivity contribution in [1.29, 1.82) is 0 Å². The second-order valence-electron chi connectivity index (χ2n) is 8.42. The van der Waals surface area contributed by atoms with E-state index >= 15 is 0 Å². The highest BCUT2D eigenvalue weighted by atomic mass is 19.1. The number of carbonyl (C=O) groups excluding carboxylic acids is 1. The van der Waals surface area contributed by atoms with E-state index in [4.69, 9.17) is 16.2 Å². The molecule has 1 aliphatic carbocycles. The van der Waals surface area contributed by atoms with Crippen molar-refractivity contribution >= 4 is 23.2 Å². The Labute approximate surface area is 197 Å². The number of amides is 1. The number of primary amides is 1. The van der Waals surface area contributed by atoms with Gasteiger partial charge in [0.25, 0.3) is 5.91 Å². The summed E-state index contributed by atoms with van der Waals surface area (Å²) < 4.78 is 20.5. The van der Waals surface area contributed by atoms with Gasteiger partial charge < -0.3 is 26.8 Å². The van der Waals surface area contributed by atoms with Crippen LogP contribution in [0.2, 0.25) is 0 Å². The number of hydrogen-bond acceptors (Lipinski definition) is 7. The number of rotatable bonds is 9. The van der Waals surface area contributed by atoms with Crippen molar-refractivity contribution in [1.82, 2.24) is 9.97 Å². The number of hydrogen-bond donors (Lipinski definition) is 4. The molecular formula is C25H29FN6O2. The van der Waals surface area contributed by atoms with Crippen LogP contribution in [0.3, 0.4) is 0 Å². The molecule has 8 nitrogen and oxygen atoms in total. The van der Waals surface area contributed by atoms with Crippen molar-refractivity contribution in [3.8, 4) is 0 Å². The zero-order chi connectivity index (χ0) is 23.9. The standard InChI is InChI=1S/C25H29FN6O2/c26-20-13-19(23(28)33)24(32-25(20)31-22-9-5-4-8-21(22)27)30-17-10-11-29-18(12-17)15-34-14-16-6-2-1-3-7-16/h1-3,6-7,10-13,21-22H,4-5,8-9,14-15,27H2,(H2,28,33)(H2,29,30,31,32).